The molecule has 6 heteroatoms. The zero-order chi connectivity index (χ0) is 13.0. The van der Waals surface area contributed by atoms with Crippen LogP contribution < -0.4 is 10.6 Å². The lowest BCUT2D eigenvalue weighted by atomic mass is 9.89. The highest BCUT2D eigenvalue weighted by molar-refractivity contribution is 5.89. The second kappa shape index (κ2) is 5.67. The average Bonchev–Trinajstić information content (AvgIpc) is 2.40. The lowest BCUT2D eigenvalue weighted by Gasteiger charge is -2.35. The van der Waals surface area contributed by atoms with Gasteiger partial charge in [0, 0.05) is 26.1 Å². The zero-order valence-electron chi connectivity index (χ0n) is 10.4. The summed E-state index contributed by atoms with van der Waals surface area (Å²) in [5.74, 6) is -1.16. The summed E-state index contributed by atoms with van der Waals surface area (Å²) in [6, 6.07) is -0.252. The van der Waals surface area contributed by atoms with E-state index in [2.05, 4.69) is 10.6 Å². The SMILES string of the molecule is O=C(NC1(C(=O)O)CCOCC1)[C@H]1CCCCN1. The maximum absolute atomic E-state index is 12.1. The minimum atomic E-state index is -1.14. The molecule has 2 fully saturated rings. The number of piperidine rings is 1. The summed E-state index contributed by atoms with van der Waals surface area (Å²) in [6.45, 7) is 1.58. The van der Waals surface area contributed by atoms with Crippen molar-refractivity contribution in [2.45, 2.75) is 43.7 Å². The van der Waals surface area contributed by atoms with E-state index in [0.29, 0.717) is 26.1 Å². The maximum atomic E-state index is 12.1. The number of ether oxygens (including phenoxy) is 1. The van der Waals surface area contributed by atoms with E-state index in [0.717, 1.165) is 25.8 Å². The first-order valence-electron chi connectivity index (χ1n) is 6.51. The largest absolute Gasteiger partial charge is 0.480 e. The van der Waals surface area contributed by atoms with Crippen LogP contribution in [0.2, 0.25) is 0 Å². The molecule has 6 nitrogen and oxygen atoms in total. The van der Waals surface area contributed by atoms with Gasteiger partial charge in [0.15, 0.2) is 0 Å². The highest BCUT2D eigenvalue weighted by Crippen LogP contribution is 2.21. The fourth-order valence-electron chi connectivity index (χ4n) is 2.51. The molecule has 0 aromatic carbocycles. The Morgan fingerprint density at radius 1 is 1.28 bits per heavy atom. The first-order valence-corrected chi connectivity index (χ1v) is 6.51. The van der Waals surface area contributed by atoms with Crippen LogP contribution in [0.15, 0.2) is 0 Å². The molecular weight excluding hydrogens is 236 g/mol. The van der Waals surface area contributed by atoms with Gasteiger partial charge in [0.25, 0.3) is 0 Å². The summed E-state index contributed by atoms with van der Waals surface area (Å²) in [7, 11) is 0. The predicted octanol–water partition coefficient (Wildman–Crippen LogP) is -0.122. The molecule has 1 atom stereocenters. The van der Waals surface area contributed by atoms with Gasteiger partial charge in [-0.15, -0.1) is 0 Å². The number of aliphatic carboxylic acids is 1. The summed E-state index contributed by atoms with van der Waals surface area (Å²) in [5.41, 5.74) is -1.14. The molecule has 0 radical (unpaired) electrons. The zero-order valence-corrected chi connectivity index (χ0v) is 10.4. The van der Waals surface area contributed by atoms with Crippen molar-refractivity contribution in [3.63, 3.8) is 0 Å². The van der Waals surface area contributed by atoms with Crippen molar-refractivity contribution in [2.24, 2.45) is 0 Å². The fourth-order valence-corrected chi connectivity index (χ4v) is 2.51. The van der Waals surface area contributed by atoms with Gasteiger partial charge in [0.05, 0.1) is 6.04 Å². The Morgan fingerprint density at radius 3 is 2.56 bits per heavy atom. The minimum Gasteiger partial charge on any atom is -0.480 e. The second-order valence-electron chi connectivity index (χ2n) is 4.99. The van der Waals surface area contributed by atoms with E-state index < -0.39 is 11.5 Å². The highest BCUT2D eigenvalue weighted by atomic mass is 16.5. The predicted molar refractivity (Wildman–Crippen MR) is 64.2 cm³/mol. The molecule has 2 saturated heterocycles. The van der Waals surface area contributed by atoms with E-state index in [1.54, 1.807) is 0 Å². The monoisotopic (exact) mass is 256 g/mol. The summed E-state index contributed by atoms with van der Waals surface area (Å²) < 4.78 is 5.17. The van der Waals surface area contributed by atoms with Crippen molar-refractivity contribution in [3.8, 4) is 0 Å². The smallest absolute Gasteiger partial charge is 0.329 e. The van der Waals surface area contributed by atoms with Crippen molar-refractivity contribution >= 4 is 11.9 Å². The molecule has 0 spiro atoms. The van der Waals surface area contributed by atoms with Gasteiger partial charge in [-0.3, -0.25) is 4.79 Å². The van der Waals surface area contributed by atoms with Crippen LogP contribution in [0.3, 0.4) is 0 Å². The van der Waals surface area contributed by atoms with Gasteiger partial charge in [-0.1, -0.05) is 6.42 Å². The third-order valence-corrected chi connectivity index (χ3v) is 3.75. The van der Waals surface area contributed by atoms with Crippen molar-refractivity contribution in [2.75, 3.05) is 19.8 Å². The molecule has 2 heterocycles. The molecule has 2 aliphatic heterocycles. The third kappa shape index (κ3) is 2.81. The number of hydrogen-bond donors (Lipinski definition) is 3. The Kier molecular flexibility index (Phi) is 4.19. The Labute approximate surface area is 106 Å². The highest BCUT2D eigenvalue weighted by Gasteiger charge is 2.42. The van der Waals surface area contributed by atoms with E-state index in [-0.39, 0.29) is 11.9 Å². The fraction of sp³-hybridized carbons (Fsp3) is 0.833. The number of carbonyl (C=O) groups is 2. The van der Waals surface area contributed by atoms with Gasteiger partial charge in [0.1, 0.15) is 5.54 Å². The van der Waals surface area contributed by atoms with Gasteiger partial charge in [-0.05, 0) is 19.4 Å². The van der Waals surface area contributed by atoms with Crippen LogP contribution in [-0.4, -0.2) is 48.3 Å². The maximum Gasteiger partial charge on any atom is 0.329 e. The molecule has 0 aromatic rings. The Morgan fingerprint density at radius 2 is 2.00 bits per heavy atom. The first-order chi connectivity index (χ1) is 8.64. The van der Waals surface area contributed by atoms with Gasteiger partial charge >= 0.3 is 5.97 Å². The van der Waals surface area contributed by atoms with Gasteiger partial charge < -0.3 is 20.5 Å². The van der Waals surface area contributed by atoms with Gasteiger partial charge in [-0.2, -0.15) is 0 Å². The molecular formula is C12H20N2O4. The van der Waals surface area contributed by atoms with Gasteiger partial charge in [-0.25, -0.2) is 4.79 Å². The topological polar surface area (TPSA) is 87.7 Å². The normalized spacial score (nSPS) is 27.4. The average molecular weight is 256 g/mol. The van der Waals surface area contributed by atoms with Crippen LogP contribution in [0.25, 0.3) is 0 Å². The Hall–Kier alpha value is -1.14. The van der Waals surface area contributed by atoms with E-state index in [9.17, 15) is 14.7 Å². The molecule has 0 saturated carbocycles. The van der Waals surface area contributed by atoms with Crippen LogP contribution in [0.1, 0.15) is 32.1 Å². The molecule has 0 bridgehead atoms. The number of hydrogen-bond acceptors (Lipinski definition) is 4. The molecule has 2 aliphatic rings. The van der Waals surface area contributed by atoms with Crippen LogP contribution in [0.5, 0.6) is 0 Å². The first kappa shape index (κ1) is 13.3. The van der Waals surface area contributed by atoms with Crippen molar-refractivity contribution in [1.29, 1.82) is 0 Å². The molecule has 0 aliphatic carbocycles. The summed E-state index contributed by atoms with van der Waals surface area (Å²) >= 11 is 0. The number of rotatable bonds is 3. The summed E-state index contributed by atoms with van der Waals surface area (Å²) in [5, 5.41) is 15.2. The quantitative estimate of drug-likeness (QED) is 0.655. The van der Waals surface area contributed by atoms with E-state index >= 15 is 0 Å². The summed E-state index contributed by atoms with van der Waals surface area (Å²) in [4.78, 5) is 23.5. The Bertz CT molecular complexity index is 320. The number of carboxylic acids is 1. The number of carbonyl (C=O) groups excluding carboxylic acids is 1. The molecule has 18 heavy (non-hydrogen) atoms. The molecule has 1 amide bonds. The Balaban J connectivity index is 1.99. The van der Waals surface area contributed by atoms with Crippen LogP contribution in [0.4, 0.5) is 0 Å². The van der Waals surface area contributed by atoms with Crippen molar-refractivity contribution in [3.05, 3.63) is 0 Å². The van der Waals surface area contributed by atoms with Gasteiger partial charge in [0.2, 0.25) is 5.91 Å². The van der Waals surface area contributed by atoms with Crippen LogP contribution in [-0.2, 0) is 14.3 Å². The number of nitrogens with one attached hydrogen (secondary N) is 2. The van der Waals surface area contributed by atoms with E-state index in [1.165, 1.54) is 0 Å². The minimum absolute atomic E-state index is 0.195. The molecule has 3 N–H and O–H groups in total. The second-order valence-corrected chi connectivity index (χ2v) is 4.99. The molecule has 0 aromatic heterocycles. The molecule has 102 valence electrons. The third-order valence-electron chi connectivity index (χ3n) is 3.75. The molecule has 0 unspecified atom stereocenters. The molecule has 2 rings (SSSR count). The van der Waals surface area contributed by atoms with Crippen molar-refractivity contribution in [1.82, 2.24) is 10.6 Å². The number of amides is 1. The number of carboxylic acid groups (broad SMARTS) is 1. The van der Waals surface area contributed by atoms with Crippen LogP contribution in [0, 0.1) is 0 Å². The lowest BCUT2D eigenvalue weighted by molar-refractivity contribution is -0.152. The van der Waals surface area contributed by atoms with Crippen LogP contribution >= 0.6 is 0 Å². The van der Waals surface area contributed by atoms with Crippen molar-refractivity contribution < 1.29 is 19.4 Å². The lowest BCUT2D eigenvalue weighted by Crippen LogP contribution is -2.61. The van der Waals surface area contributed by atoms with E-state index in [4.69, 9.17) is 4.74 Å². The van der Waals surface area contributed by atoms with E-state index in [1.807, 2.05) is 0 Å². The summed E-state index contributed by atoms with van der Waals surface area (Å²) in [6.07, 6.45) is 3.52. The standard InChI is InChI=1S/C12H20N2O4/c15-10(9-3-1-2-6-13-9)14-12(11(16)17)4-7-18-8-5-12/h9,13H,1-8H2,(H,14,15)(H,16,17)/t9-/m1/s1.